The molecule has 0 aliphatic carbocycles. The summed E-state index contributed by atoms with van der Waals surface area (Å²) >= 11 is 3.14. The number of aliphatic hydroxyl groups is 1. The van der Waals surface area contributed by atoms with Crippen LogP contribution >= 0.6 is 22.7 Å². The van der Waals surface area contributed by atoms with E-state index in [1.54, 1.807) is 37.5 Å². The highest BCUT2D eigenvalue weighted by Gasteiger charge is 2.15. The van der Waals surface area contributed by atoms with E-state index in [0.29, 0.717) is 29.2 Å². The predicted molar refractivity (Wildman–Crippen MR) is 137 cm³/mol. The Labute approximate surface area is 200 Å². The zero-order valence-corrected chi connectivity index (χ0v) is 19.9. The number of carbonyl (C=O) groups excluding carboxylic acids is 1. The molecule has 2 heterocycles. The third-order valence-corrected chi connectivity index (χ3v) is 7.26. The summed E-state index contributed by atoms with van der Waals surface area (Å²) < 4.78 is 5.30. The second kappa shape index (κ2) is 10.1. The van der Waals surface area contributed by atoms with Crippen molar-refractivity contribution in [3.8, 4) is 15.5 Å². The van der Waals surface area contributed by atoms with Gasteiger partial charge in [0.25, 0.3) is 5.91 Å². The van der Waals surface area contributed by atoms with Gasteiger partial charge in [-0.2, -0.15) is 0 Å². The van der Waals surface area contributed by atoms with E-state index in [2.05, 4.69) is 10.6 Å². The average Bonchev–Trinajstić information content (AvgIpc) is 3.48. The number of thiophene rings is 2. The molecular weight excluding hydrogens is 454 g/mol. The fourth-order valence-corrected chi connectivity index (χ4v) is 5.22. The van der Waals surface area contributed by atoms with E-state index in [1.165, 1.54) is 11.3 Å². The molecule has 5 N–H and O–H groups in total. The van der Waals surface area contributed by atoms with Crippen LogP contribution in [0.15, 0.2) is 65.4 Å². The van der Waals surface area contributed by atoms with Crippen molar-refractivity contribution in [2.75, 3.05) is 23.5 Å². The van der Waals surface area contributed by atoms with Crippen molar-refractivity contribution in [2.24, 2.45) is 0 Å². The standard InChI is InChI=1S/C25H25N3O3S2/c1-15(29)19-12-18(9-10-21(19)31-2)27-13-16-5-7-17(8-6-16)25(30)28-20-14-33-24(23(20)26)22-4-3-11-32-22/h3-12,14-15,27,29H,13,26H2,1-2H3,(H,28,30). The number of methoxy groups -OCH3 is 1. The Morgan fingerprint density at radius 2 is 1.94 bits per heavy atom. The van der Waals surface area contributed by atoms with Crippen molar-refractivity contribution < 1.29 is 14.6 Å². The summed E-state index contributed by atoms with van der Waals surface area (Å²) in [6.07, 6.45) is -0.627. The first-order chi connectivity index (χ1) is 16.0. The van der Waals surface area contributed by atoms with Gasteiger partial charge < -0.3 is 26.2 Å². The van der Waals surface area contributed by atoms with Crippen LogP contribution in [-0.4, -0.2) is 18.1 Å². The summed E-state index contributed by atoms with van der Waals surface area (Å²) in [6, 6.07) is 17.0. The third kappa shape index (κ3) is 5.19. The Hall–Kier alpha value is -3.33. The van der Waals surface area contributed by atoms with Gasteiger partial charge in [-0.25, -0.2) is 0 Å². The Kier molecular flexibility index (Phi) is 6.98. The van der Waals surface area contributed by atoms with Gasteiger partial charge in [0, 0.05) is 33.6 Å². The second-order valence-corrected chi connectivity index (χ2v) is 9.33. The molecule has 0 saturated heterocycles. The summed E-state index contributed by atoms with van der Waals surface area (Å²) in [4.78, 5) is 14.8. The molecule has 4 aromatic rings. The number of hydrogen-bond donors (Lipinski definition) is 4. The predicted octanol–water partition coefficient (Wildman–Crippen LogP) is 5.99. The number of carbonyl (C=O) groups is 1. The number of nitrogen functional groups attached to an aromatic ring is 1. The Balaban J connectivity index is 1.38. The van der Waals surface area contributed by atoms with E-state index >= 15 is 0 Å². The highest BCUT2D eigenvalue weighted by molar-refractivity contribution is 7.21. The minimum absolute atomic E-state index is 0.200. The van der Waals surface area contributed by atoms with Crippen LogP contribution in [-0.2, 0) is 6.54 Å². The maximum atomic E-state index is 12.7. The number of hydrogen-bond acceptors (Lipinski definition) is 7. The molecule has 1 amide bonds. The number of aliphatic hydroxyl groups excluding tert-OH is 1. The molecule has 0 aliphatic heterocycles. The summed E-state index contributed by atoms with van der Waals surface area (Å²) in [7, 11) is 1.58. The van der Waals surface area contributed by atoms with Crippen LogP contribution in [0.25, 0.3) is 9.75 Å². The van der Waals surface area contributed by atoms with Gasteiger partial charge >= 0.3 is 0 Å². The molecule has 170 valence electrons. The smallest absolute Gasteiger partial charge is 0.255 e. The highest BCUT2D eigenvalue weighted by Crippen LogP contribution is 2.40. The van der Waals surface area contributed by atoms with Crippen molar-refractivity contribution in [1.29, 1.82) is 0 Å². The van der Waals surface area contributed by atoms with Crippen LogP contribution in [0.3, 0.4) is 0 Å². The number of rotatable bonds is 8. The molecule has 1 atom stereocenters. The second-order valence-electron chi connectivity index (χ2n) is 7.51. The van der Waals surface area contributed by atoms with Gasteiger partial charge in [-0.05, 0) is 54.3 Å². The lowest BCUT2D eigenvalue weighted by Crippen LogP contribution is -2.12. The Morgan fingerprint density at radius 3 is 2.61 bits per heavy atom. The summed E-state index contributed by atoms with van der Waals surface area (Å²) in [5, 5.41) is 20.1. The van der Waals surface area contributed by atoms with Crippen molar-refractivity contribution in [1.82, 2.24) is 0 Å². The molecule has 6 nitrogen and oxygen atoms in total. The summed E-state index contributed by atoms with van der Waals surface area (Å²) in [6.45, 7) is 2.28. The first kappa shape index (κ1) is 22.8. The lowest BCUT2D eigenvalue weighted by Gasteiger charge is -2.14. The average molecular weight is 480 g/mol. The van der Waals surface area contributed by atoms with E-state index in [9.17, 15) is 9.90 Å². The van der Waals surface area contributed by atoms with Gasteiger partial charge in [0.2, 0.25) is 0 Å². The normalized spacial score (nSPS) is 11.7. The molecule has 2 aromatic carbocycles. The fraction of sp³-hybridized carbons (Fsp3) is 0.160. The molecule has 33 heavy (non-hydrogen) atoms. The van der Waals surface area contributed by atoms with Crippen LogP contribution in [0.2, 0.25) is 0 Å². The largest absolute Gasteiger partial charge is 0.496 e. The number of benzene rings is 2. The van der Waals surface area contributed by atoms with Gasteiger partial charge in [0.05, 0.1) is 29.5 Å². The topological polar surface area (TPSA) is 96.6 Å². The van der Waals surface area contributed by atoms with Crippen molar-refractivity contribution in [3.63, 3.8) is 0 Å². The molecule has 4 rings (SSSR count). The van der Waals surface area contributed by atoms with Crippen LogP contribution in [0.5, 0.6) is 5.75 Å². The highest BCUT2D eigenvalue weighted by atomic mass is 32.1. The van der Waals surface area contributed by atoms with Crippen LogP contribution < -0.4 is 21.1 Å². The minimum atomic E-state index is -0.627. The molecule has 0 bridgehead atoms. The Morgan fingerprint density at radius 1 is 1.15 bits per heavy atom. The Bertz CT molecular complexity index is 1230. The first-order valence-corrected chi connectivity index (χ1v) is 12.1. The first-order valence-electron chi connectivity index (χ1n) is 10.4. The third-order valence-electron chi connectivity index (χ3n) is 5.22. The van der Waals surface area contributed by atoms with Gasteiger partial charge in [0.1, 0.15) is 5.75 Å². The monoisotopic (exact) mass is 479 g/mol. The van der Waals surface area contributed by atoms with Crippen molar-refractivity contribution in [2.45, 2.75) is 19.6 Å². The van der Waals surface area contributed by atoms with E-state index in [1.807, 2.05) is 53.2 Å². The number of amides is 1. The maximum Gasteiger partial charge on any atom is 0.255 e. The molecule has 0 saturated carbocycles. The minimum Gasteiger partial charge on any atom is -0.496 e. The van der Waals surface area contributed by atoms with Crippen LogP contribution in [0, 0.1) is 0 Å². The number of nitrogens with two attached hydrogens (primary N) is 1. The van der Waals surface area contributed by atoms with E-state index in [4.69, 9.17) is 10.5 Å². The SMILES string of the molecule is COc1ccc(NCc2ccc(C(=O)Nc3csc(-c4cccs4)c3N)cc2)cc1C(C)O. The maximum absolute atomic E-state index is 12.7. The molecular formula is C25H25N3O3S2. The lowest BCUT2D eigenvalue weighted by molar-refractivity contribution is 0.102. The zero-order valence-electron chi connectivity index (χ0n) is 18.3. The van der Waals surface area contributed by atoms with Crippen LogP contribution in [0.4, 0.5) is 17.1 Å². The van der Waals surface area contributed by atoms with E-state index < -0.39 is 6.10 Å². The van der Waals surface area contributed by atoms with E-state index in [0.717, 1.165) is 26.6 Å². The van der Waals surface area contributed by atoms with E-state index in [-0.39, 0.29) is 5.91 Å². The lowest BCUT2D eigenvalue weighted by atomic mass is 10.1. The number of anilines is 3. The molecule has 1 unspecified atom stereocenters. The van der Waals surface area contributed by atoms with Crippen LogP contribution in [0.1, 0.15) is 34.5 Å². The van der Waals surface area contributed by atoms with Gasteiger partial charge in [-0.3, -0.25) is 4.79 Å². The van der Waals surface area contributed by atoms with Gasteiger partial charge in [0.15, 0.2) is 0 Å². The van der Waals surface area contributed by atoms with Gasteiger partial charge in [-0.15, -0.1) is 22.7 Å². The van der Waals surface area contributed by atoms with Crippen molar-refractivity contribution >= 4 is 45.6 Å². The summed E-state index contributed by atoms with van der Waals surface area (Å²) in [5.41, 5.74) is 10.7. The molecule has 8 heteroatoms. The zero-order chi connectivity index (χ0) is 23.4. The van der Waals surface area contributed by atoms with Crippen molar-refractivity contribution in [3.05, 3.63) is 82.0 Å². The summed E-state index contributed by atoms with van der Waals surface area (Å²) in [5.74, 6) is 0.452. The molecule has 2 aromatic heterocycles. The molecule has 0 spiro atoms. The number of ether oxygens (including phenoxy) is 1. The quantitative estimate of drug-likeness (QED) is 0.249. The molecule has 0 aliphatic rings. The molecule has 0 fully saturated rings. The molecule has 0 radical (unpaired) electrons. The fourth-order valence-electron chi connectivity index (χ4n) is 3.41. The number of nitrogens with one attached hydrogen (secondary N) is 2. The van der Waals surface area contributed by atoms with Gasteiger partial charge in [-0.1, -0.05) is 18.2 Å².